The number of carbonyl (C=O) groups excluding carboxylic acids is 1. The van der Waals surface area contributed by atoms with Crippen LogP contribution in [0.2, 0.25) is 0 Å². The molecule has 1 spiro atoms. The molecule has 0 bridgehead atoms. The lowest BCUT2D eigenvalue weighted by Gasteiger charge is -2.45. The molecular formula is C19H21F2N5O. The number of amides is 1. The third-order valence-corrected chi connectivity index (χ3v) is 5.64. The third kappa shape index (κ3) is 3.13. The quantitative estimate of drug-likeness (QED) is 0.810. The van der Waals surface area contributed by atoms with Crippen LogP contribution in [0.3, 0.4) is 0 Å². The average molecular weight is 373 g/mol. The van der Waals surface area contributed by atoms with Crippen LogP contribution < -0.4 is 4.90 Å². The van der Waals surface area contributed by atoms with Crippen molar-refractivity contribution in [1.29, 1.82) is 0 Å². The van der Waals surface area contributed by atoms with Crippen LogP contribution in [-0.2, 0) is 0 Å². The highest BCUT2D eigenvalue weighted by atomic mass is 19.3. The van der Waals surface area contributed by atoms with Crippen LogP contribution in [0.5, 0.6) is 0 Å². The Kier molecular flexibility index (Phi) is 4.28. The monoisotopic (exact) mass is 373 g/mol. The number of pyridine rings is 1. The second-order valence-electron chi connectivity index (χ2n) is 7.38. The first kappa shape index (κ1) is 17.8. The van der Waals surface area contributed by atoms with Crippen molar-refractivity contribution < 1.29 is 13.6 Å². The highest BCUT2D eigenvalue weighted by molar-refractivity contribution is 5.94. The van der Waals surface area contributed by atoms with Gasteiger partial charge in [0.2, 0.25) is 0 Å². The Bertz CT molecular complexity index is 830. The zero-order valence-corrected chi connectivity index (χ0v) is 15.1. The molecule has 1 atom stereocenters. The third-order valence-electron chi connectivity index (χ3n) is 5.64. The number of nitrogens with zero attached hydrogens (tertiary/aromatic N) is 5. The smallest absolute Gasteiger partial charge is 0.258 e. The molecule has 8 heteroatoms. The number of likely N-dealkylation sites (tertiary alicyclic amines) is 1. The first-order valence-corrected chi connectivity index (χ1v) is 9.01. The minimum atomic E-state index is -2.83. The Morgan fingerprint density at radius 1 is 1.07 bits per heavy atom. The second-order valence-corrected chi connectivity index (χ2v) is 7.38. The SMILES string of the molecule is Cc1ccc(C(=O)N2CCC(F)(F)C3(CCN(c4cnccn4)C3)C2)cn1. The van der Waals surface area contributed by atoms with Gasteiger partial charge in [-0.15, -0.1) is 0 Å². The topological polar surface area (TPSA) is 62.2 Å². The zero-order chi connectivity index (χ0) is 19.1. The minimum absolute atomic E-state index is 0.0312. The van der Waals surface area contributed by atoms with Gasteiger partial charge in [-0.3, -0.25) is 14.8 Å². The van der Waals surface area contributed by atoms with E-state index in [0.717, 1.165) is 5.69 Å². The molecule has 2 aromatic rings. The summed E-state index contributed by atoms with van der Waals surface area (Å²) in [6, 6.07) is 3.46. The van der Waals surface area contributed by atoms with E-state index in [0.29, 0.717) is 24.3 Å². The van der Waals surface area contributed by atoms with Gasteiger partial charge in [0.15, 0.2) is 0 Å². The lowest BCUT2D eigenvalue weighted by Crippen LogP contribution is -2.58. The van der Waals surface area contributed by atoms with Crippen LogP contribution in [0.4, 0.5) is 14.6 Å². The molecule has 2 fully saturated rings. The van der Waals surface area contributed by atoms with E-state index in [4.69, 9.17) is 0 Å². The Labute approximate surface area is 156 Å². The molecule has 6 nitrogen and oxygen atoms in total. The maximum absolute atomic E-state index is 14.9. The summed E-state index contributed by atoms with van der Waals surface area (Å²) >= 11 is 0. The summed E-state index contributed by atoms with van der Waals surface area (Å²) in [6.07, 6.45) is 6.19. The van der Waals surface area contributed by atoms with Gasteiger partial charge in [0.25, 0.3) is 11.8 Å². The first-order chi connectivity index (χ1) is 12.9. The van der Waals surface area contributed by atoms with Gasteiger partial charge in [0.1, 0.15) is 5.82 Å². The summed E-state index contributed by atoms with van der Waals surface area (Å²) in [4.78, 5) is 28.6. The molecular weight excluding hydrogens is 352 g/mol. The van der Waals surface area contributed by atoms with Gasteiger partial charge in [-0.2, -0.15) is 0 Å². The number of aromatic nitrogens is 3. The maximum Gasteiger partial charge on any atom is 0.258 e. The molecule has 4 rings (SSSR count). The van der Waals surface area contributed by atoms with Crippen molar-refractivity contribution in [3.8, 4) is 0 Å². The van der Waals surface area contributed by atoms with Crippen LogP contribution in [-0.4, -0.2) is 57.9 Å². The molecule has 2 aliphatic heterocycles. The van der Waals surface area contributed by atoms with Crippen molar-refractivity contribution in [1.82, 2.24) is 19.9 Å². The maximum atomic E-state index is 14.9. The Morgan fingerprint density at radius 2 is 1.93 bits per heavy atom. The summed E-state index contributed by atoms with van der Waals surface area (Å²) in [5, 5.41) is 0. The molecule has 2 aliphatic rings. The number of hydrogen-bond donors (Lipinski definition) is 0. The van der Waals surface area contributed by atoms with Gasteiger partial charge >= 0.3 is 0 Å². The normalized spacial score (nSPS) is 24.4. The zero-order valence-electron chi connectivity index (χ0n) is 15.1. The number of carbonyl (C=O) groups is 1. The summed E-state index contributed by atoms with van der Waals surface area (Å²) in [5.41, 5.74) is -0.0235. The van der Waals surface area contributed by atoms with E-state index < -0.39 is 11.3 Å². The highest BCUT2D eigenvalue weighted by Gasteiger charge is 2.60. The lowest BCUT2D eigenvalue weighted by atomic mass is 9.75. The van der Waals surface area contributed by atoms with E-state index in [9.17, 15) is 13.6 Å². The summed E-state index contributed by atoms with van der Waals surface area (Å²) in [7, 11) is 0. The molecule has 27 heavy (non-hydrogen) atoms. The fourth-order valence-electron chi connectivity index (χ4n) is 4.00. The van der Waals surface area contributed by atoms with E-state index in [1.165, 1.54) is 6.20 Å². The van der Waals surface area contributed by atoms with Crippen molar-refractivity contribution in [2.45, 2.75) is 25.7 Å². The van der Waals surface area contributed by atoms with E-state index >= 15 is 0 Å². The molecule has 0 radical (unpaired) electrons. The van der Waals surface area contributed by atoms with E-state index in [2.05, 4.69) is 15.0 Å². The number of hydrogen-bond acceptors (Lipinski definition) is 5. The average Bonchev–Trinajstić information content (AvgIpc) is 3.11. The summed E-state index contributed by atoms with van der Waals surface area (Å²) < 4.78 is 29.9. The van der Waals surface area contributed by atoms with Crippen LogP contribution in [0.25, 0.3) is 0 Å². The van der Waals surface area contributed by atoms with Crippen molar-refractivity contribution in [2.75, 3.05) is 31.1 Å². The standard InChI is InChI=1S/C19H21F2N5O/c1-14-2-3-15(10-24-14)17(27)26-9-5-19(20,21)18(13-26)4-8-25(12-18)16-11-22-6-7-23-16/h2-3,6-7,10-11H,4-5,8-9,12-13H2,1H3. The minimum Gasteiger partial charge on any atom is -0.354 e. The predicted molar refractivity (Wildman–Crippen MR) is 95.7 cm³/mol. The second kappa shape index (κ2) is 6.51. The van der Waals surface area contributed by atoms with Crippen molar-refractivity contribution >= 4 is 11.7 Å². The number of rotatable bonds is 2. The molecule has 0 aromatic carbocycles. The van der Waals surface area contributed by atoms with Gasteiger partial charge in [0, 0.05) is 56.9 Å². The Balaban J connectivity index is 1.56. The summed E-state index contributed by atoms with van der Waals surface area (Å²) in [5.74, 6) is -2.47. The van der Waals surface area contributed by atoms with Crippen LogP contribution in [0.15, 0.2) is 36.9 Å². The fraction of sp³-hybridized carbons (Fsp3) is 0.474. The molecule has 142 valence electrons. The van der Waals surface area contributed by atoms with Gasteiger partial charge in [-0.25, -0.2) is 13.8 Å². The van der Waals surface area contributed by atoms with E-state index in [1.54, 1.807) is 35.6 Å². The molecule has 2 aromatic heterocycles. The number of alkyl halides is 2. The molecule has 2 saturated heterocycles. The van der Waals surface area contributed by atoms with E-state index in [-0.39, 0.29) is 32.0 Å². The van der Waals surface area contributed by atoms with Gasteiger partial charge in [-0.05, 0) is 25.5 Å². The first-order valence-electron chi connectivity index (χ1n) is 9.01. The van der Waals surface area contributed by atoms with Crippen LogP contribution >= 0.6 is 0 Å². The number of anilines is 1. The largest absolute Gasteiger partial charge is 0.354 e. The van der Waals surface area contributed by atoms with Crippen LogP contribution in [0, 0.1) is 12.3 Å². The number of piperidine rings is 1. The summed E-state index contributed by atoms with van der Waals surface area (Å²) in [6.45, 7) is 2.55. The highest BCUT2D eigenvalue weighted by Crippen LogP contribution is 2.50. The predicted octanol–water partition coefficient (Wildman–Crippen LogP) is 2.56. The molecule has 0 aliphatic carbocycles. The number of aryl methyl sites for hydroxylation is 1. The van der Waals surface area contributed by atoms with Crippen molar-refractivity contribution in [3.63, 3.8) is 0 Å². The molecule has 4 heterocycles. The Hall–Kier alpha value is -2.64. The van der Waals surface area contributed by atoms with Gasteiger partial charge < -0.3 is 9.80 Å². The molecule has 1 amide bonds. The molecule has 1 unspecified atom stereocenters. The lowest BCUT2D eigenvalue weighted by molar-refractivity contribution is -0.150. The van der Waals surface area contributed by atoms with Crippen LogP contribution in [0.1, 0.15) is 28.9 Å². The van der Waals surface area contributed by atoms with Crippen molar-refractivity contribution in [3.05, 3.63) is 48.2 Å². The van der Waals surface area contributed by atoms with Gasteiger partial charge in [-0.1, -0.05) is 0 Å². The fourth-order valence-corrected chi connectivity index (χ4v) is 4.00. The molecule has 0 N–H and O–H groups in total. The molecule has 0 saturated carbocycles. The number of halogens is 2. The van der Waals surface area contributed by atoms with E-state index in [1.807, 2.05) is 11.8 Å². The van der Waals surface area contributed by atoms with Crippen molar-refractivity contribution in [2.24, 2.45) is 5.41 Å². The van der Waals surface area contributed by atoms with Gasteiger partial charge in [0.05, 0.1) is 17.2 Å². The Morgan fingerprint density at radius 3 is 2.63 bits per heavy atom.